The molecular weight excluding hydrogens is 309 g/mol. The molecule has 0 unspecified atom stereocenters. The summed E-state index contributed by atoms with van der Waals surface area (Å²) >= 11 is 3.36. The van der Waals surface area contributed by atoms with Crippen molar-refractivity contribution in [2.75, 3.05) is 5.73 Å². The largest absolute Gasteiger partial charge is 0.369 e. The highest BCUT2D eigenvalue weighted by Crippen LogP contribution is 2.29. The van der Waals surface area contributed by atoms with Crippen molar-refractivity contribution < 1.29 is 4.39 Å². The minimum absolute atomic E-state index is 0.296. The van der Waals surface area contributed by atoms with Gasteiger partial charge in [0.25, 0.3) is 0 Å². The van der Waals surface area contributed by atoms with E-state index in [1.54, 1.807) is 6.07 Å². The molecule has 0 aliphatic rings. The van der Waals surface area contributed by atoms with Crippen LogP contribution in [0.5, 0.6) is 0 Å². The van der Waals surface area contributed by atoms with Crippen LogP contribution >= 0.6 is 15.9 Å². The van der Waals surface area contributed by atoms with Crippen LogP contribution < -0.4 is 5.73 Å². The molecule has 0 spiro atoms. The fourth-order valence-electron chi connectivity index (χ4n) is 2.12. The molecule has 0 bridgehead atoms. The highest BCUT2D eigenvalue weighted by atomic mass is 79.9. The Morgan fingerprint density at radius 1 is 1.21 bits per heavy atom. The minimum atomic E-state index is -0.296. The van der Waals surface area contributed by atoms with Crippen LogP contribution in [0.25, 0.3) is 16.7 Å². The Bertz CT molecular complexity index is 780. The number of imidazole rings is 1. The predicted molar refractivity (Wildman–Crippen MR) is 77.9 cm³/mol. The van der Waals surface area contributed by atoms with E-state index in [9.17, 15) is 4.39 Å². The lowest BCUT2D eigenvalue weighted by Gasteiger charge is -2.09. The number of benzene rings is 2. The number of nitrogens with zero attached hydrogens (tertiary/aromatic N) is 2. The van der Waals surface area contributed by atoms with Gasteiger partial charge in [0.15, 0.2) is 0 Å². The van der Waals surface area contributed by atoms with Gasteiger partial charge in [-0.05, 0) is 58.7 Å². The third-order valence-electron chi connectivity index (χ3n) is 2.99. The normalized spacial score (nSPS) is 11.1. The zero-order valence-electron chi connectivity index (χ0n) is 10.2. The standard InChI is InChI=1S/C14H11BrFN3/c1-8-2-4-11-13(6-8)19(14(17)18-11)12-5-3-9(16)7-10(12)15/h2-7H,1H3,(H2,17,18). The van der Waals surface area contributed by atoms with Crippen LogP contribution in [-0.4, -0.2) is 9.55 Å². The van der Waals surface area contributed by atoms with E-state index in [0.29, 0.717) is 10.4 Å². The van der Waals surface area contributed by atoms with Crippen molar-refractivity contribution in [1.82, 2.24) is 9.55 Å². The monoisotopic (exact) mass is 319 g/mol. The summed E-state index contributed by atoms with van der Waals surface area (Å²) in [5.74, 6) is 0.0858. The zero-order valence-corrected chi connectivity index (χ0v) is 11.8. The van der Waals surface area contributed by atoms with Crippen molar-refractivity contribution in [3.63, 3.8) is 0 Å². The molecule has 0 saturated heterocycles. The third-order valence-corrected chi connectivity index (χ3v) is 3.62. The summed E-state index contributed by atoms with van der Waals surface area (Å²) in [5, 5.41) is 0. The lowest BCUT2D eigenvalue weighted by Crippen LogP contribution is -2.01. The second kappa shape index (κ2) is 4.35. The van der Waals surface area contributed by atoms with Crippen molar-refractivity contribution in [2.45, 2.75) is 6.92 Å². The number of hydrogen-bond acceptors (Lipinski definition) is 2. The first kappa shape index (κ1) is 12.2. The Morgan fingerprint density at radius 3 is 2.74 bits per heavy atom. The maximum atomic E-state index is 13.2. The number of nitrogen functional groups attached to an aromatic ring is 1. The van der Waals surface area contributed by atoms with Gasteiger partial charge in [0, 0.05) is 4.47 Å². The number of aromatic nitrogens is 2. The quantitative estimate of drug-likeness (QED) is 0.741. The van der Waals surface area contributed by atoms with Gasteiger partial charge in [-0.15, -0.1) is 0 Å². The van der Waals surface area contributed by atoms with Crippen molar-refractivity contribution in [2.24, 2.45) is 0 Å². The molecule has 0 aliphatic heterocycles. The fourth-order valence-corrected chi connectivity index (χ4v) is 2.65. The number of rotatable bonds is 1. The summed E-state index contributed by atoms with van der Waals surface area (Å²) < 4.78 is 15.6. The van der Waals surface area contributed by atoms with E-state index in [-0.39, 0.29) is 5.82 Å². The van der Waals surface area contributed by atoms with Crippen molar-refractivity contribution in [3.05, 3.63) is 52.3 Å². The molecule has 3 nitrogen and oxygen atoms in total. The summed E-state index contributed by atoms with van der Waals surface area (Å²) in [7, 11) is 0. The molecule has 0 fully saturated rings. The minimum Gasteiger partial charge on any atom is -0.369 e. The van der Waals surface area contributed by atoms with Gasteiger partial charge in [-0.2, -0.15) is 0 Å². The van der Waals surface area contributed by atoms with E-state index in [4.69, 9.17) is 5.73 Å². The number of anilines is 1. The Kier molecular flexibility index (Phi) is 2.78. The number of halogens is 2. The molecular formula is C14H11BrFN3. The van der Waals surface area contributed by atoms with E-state index in [2.05, 4.69) is 20.9 Å². The van der Waals surface area contributed by atoms with Crippen LogP contribution in [0.2, 0.25) is 0 Å². The lowest BCUT2D eigenvalue weighted by molar-refractivity contribution is 0.626. The van der Waals surface area contributed by atoms with E-state index >= 15 is 0 Å². The molecule has 0 amide bonds. The Balaban J connectivity index is 2.35. The summed E-state index contributed by atoms with van der Waals surface area (Å²) in [6, 6.07) is 10.4. The molecule has 5 heteroatoms. The highest BCUT2D eigenvalue weighted by molar-refractivity contribution is 9.10. The highest BCUT2D eigenvalue weighted by Gasteiger charge is 2.12. The van der Waals surface area contributed by atoms with Gasteiger partial charge in [0.1, 0.15) is 5.82 Å². The average molecular weight is 320 g/mol. The van der Waals surface area contributed by atoms with Crippen LogP contribution in [0.4, 0.5) is 10.3 Å². The molecule has 1 heterocycles. The summed E-state index contributed by atoms with van der Waals surface area (Å²) in [6.45, 7) is 2.01. The summed E-state index contributed by atoms with van der Waals surface area (Å²) in [4.78, 5) is 4.32. The van der Waals surface area contributed by atoms with Gasteiger partial charge in [-0.25, -0.2) is 9.37 Å². The maximum Gasteiger partial charge on any atom is 0.205 e. The smallest absolute Gasteiger partial charge is 0.205 e. The maximum absolute atomic E-state index is 13.2. The van der Waals surface area contributed by atoms with E-state index in [1.807, 2.05) is 29.7 Å². The van der Waals surface area contributed by atoms with Gasteiger partial charge in [0.2, 0.25) is 5.95 Å². The Hall–Kier alpha value is -1.88. The first-order valence-corrected chi connectivity index (χ1v) is 6.55. The molecule has 2 aromatic carbocycles. The Morgan fingerprint density at radius 2 is 2.00 bits per heavy atom. The first-order chi connectivity index (χ1) is 9.06. The van der Waals surface area contributed by atoms with Gasteiger partial charge in [-0.1, -0.05) is 6.07 Å². The van der Waals surface area contributed by atoms with Gasteiger partial charge in [-0.3, -0.25) is 4.57 Å². The van der Waals surface area contributed by atoms with Gasteiger partial charge < -0.3 is 5.73 Å². The molecule has 3 aromatic rings. The Labute approximate surface area is 118 Å². The average Bonchev–Trinajstić information content (AvgIpc) is 2.65. The van der Waals surface area contributed by atoms with Crippen LogP contribution in [0.15, 0.2) is 40.9 Å². The zero-order chi connectivity index (χ0) is 13.6. The van der Waals surface area contributed by atoms with Crippen LogP contribution in [0, 0.1) is 12.7 Å². The van der Waals surface area contributed by atoms with Gasteiger partial charge in [0.05, 0.1) is 16.7 Å². The van der Waals surface area contributed by atoms with Gasteiger partial charge >= 0.3 is 0 Å². The molecule has 2 N–H and O–H groups in total. The second-order valence-electron chi connectivity index (χ2n) is 4.39. The van der Waals surface area contributed by atoms with Crippen molar-refractivity contribution >= 4 is 32.9 Å². The van der Waals surface area contributed by atoms with E-state index in [0.717, 1.165) is 22.3 Å². The SMILES string of the molecule is Cc1ccc2nc(N)n(-c3ccc(F)cc3Br)c2c1. The lowest BCUT2D eigenvalue weighted by atomic mass is 10.2. The van der Waals surface area contributed by atoms with Crippen molar-refractivity contribution in [3.8, 4) is 5.69 Å². The van der Waals surface area contributed by atoms with Crippen molar-refractivity contribution in [1.29, 1.82) is 0 Å². The molecule has 1 aromatic heterocycles. The molecule has 3 rings (SSSR count). The van der Waals surface area contributed by atoms with Crippen LogP contribution in [-0.2, 0) is 0 Å². The molecule has 0 saturated carbocycles. The molecule has 0 atom stereocenters. The molecule has 0 aliphatic carbocycles. The third kappa shape index (κ3) is 2.00. The molecule has 0 radical (unpaired) electrons. The molecule has 19 heavy (non-hydrogen) atoms. The van der Waals surface area contributed by atoms with E-state index < -0.39 is 0 Å². The van der Waals surface area contributed by atoms with Crippen LogP contribution in [0.3, 0.4) is 0 Å². The number of nitrogens with two attached hydrogens (primary N) is 1. The topological polar surface area (TPSA) is 43.8 Å². The van der Waals surface area contributed by atoms with Crippen LogP contribution in [0.1, 0.15) is 5.56 Å². The summed E-state index contributed by atoms with van der Waals surface area (Å²) in [5.41, 5.74) is 9.59. The summed E-state index contributed by atoms with van der Waals surface area (Å²) in [6.07, 6.45) is 0. The van der Waals surface area contributed by atoms with E-state index in [1.165, 1.54) is 12.1 Å². The molecule has 96 valence electrons. The number of fused-ring (bicyclic) bond motifs is 1. The second-order valence-corrected chi connectivity index (χ2v) is 5.25. The fraction of sp³-hybridized carbons (Fsp3) is 0.0714. The number of hydrogen-bond donors (Lipinski definition) is 1. The first-order valence-electron chi connectivity index (χ1n) is 5.76. The number of aryl methyl sites for hydroxylation is 1. The predicted octanol–water partition coefficient (Wildman–Crippen LogP) is 3.82.